The van der Waals surface area contributed by atoms with E-state index in [1.807, 2.05) is 43.6 Å². The molecule has 23 nitrogen and oxygen atoms in total. The molecule has 24 atom stereocenters. The van der Waals surface area contributed by atoms with E-state index in [2.05, 4.69) is 208 Å². The third kappa shape index (κ3) is 15.5. The van der Waals surface area contributed by atoms with Gasteiger partial charge in [-0.2, -0.15) is 10.2 Å². The van der Waals surface area contributed by atoms with Crippen LogP contribution in [0.3, 0.4) is 0 Å². The molecule has 23 heteroatoms. The lowest BCUT2D eigenvalue weighted by Gasteiger charge is -2.71. The number of carbonyl (C=O) groups excluding carboxylic acids is 3. The number of carboxylic acids is 2. The standard InChI is InChI=1S/C45H68N6O5.C44H67N5O4.C6H15N.C2O2/c1-27(2)28(3)40(7)18-19-42(9)30-12-13-33-41(8)23-55-25-45(33,31(30)14-17-43(42,10)34(40)37(52)53)22-32(51-36(48-26-49-51)29-15-20-47-21-16-29)35(41)56-24-44(11,39(4,5)6)50-38(46)54;1-27(2)28(3)39(7)18-19-41(9)30-12-13-33-40(8)23-52-25-44(33,31(30)14-17-42(41,10)34(39)37(50)51)22-32(35(40)53-24-43(11,45)38(4,5)6)49-36(47-26-48-49)29-15-20-46-21-16-29;1-4-7(5-2)6-3;3-1-2-4/h14-16,20-21,26-28,30,32-35H,12-13,17-19,22-25H2,1-11H3,(H,52,53)(H3,46,50,54);14-16,20-21,26-28,30,32-35H,12-13,17-19,22-25,45H2,1-11H3,(H,50,51);4-6H2,1-3H3;/t28-,30+,32-,33+,34-,35+,40-,41-,42-,43+,44+,45+;28-,30+,32-,33+,34-,35+,39-,40-,41-,42+,43+,44+;;/m11../s1. The number of fused-ring (bicyclic) bond motifs is 6. The van der Waals surface area contributed by atoms with Crippen LogP contribution < -0.4 is 16.8 Å². The first kappa shape index (κ1) is 93.9. The molecular weight excluding hydrogens is 1510 g/mol. The number of nitrogens with one attached hydrogen (secondary N) is 1. The summed E-state index contributed by atoms with van der Waals surface area (Å²) in [7, 11) is 0. The van der Waals surface area contributed by atoms with Gasteiger partial charge in [-0.1, -0.05) is 183 Å². The van der Waals surface area contributed by atoms with E-state index in [4.69, 9.17) is 60.2 Å². The van der Waals surface area contributed by atoms with Crippen LogP contribution in [0.5, 0.6) is 0 Å². The van der Waals surface area contributed by atoms with Crippen molar-refractivity contribution in [1.82, 2.24) is 49.7 Å². The Kier molecular flexibility index (Phi) is 26.8. The van der Waals surface area contributed by atoms with Gasteiger partial charge in [0.05, 0.1) is 81.3 Å². The van der Waals surface area contributed by atoms with Crippen LogP contribution in [-0.2, 0) is 38.1 Å². The smallest absolute Gasteiger partial charge is 0.312 e. The van der Waals surface area contributed by atoms with Gasteiger partial charge in [0.2, 0.25) is 11.9 Å². The van der Waals surface area contributed by atoms with Crippen LogP contribution in [-0.4, -0.2) is 167 Å². The van der Waals surface area contributed by atoms with Crippen molar-refractivity contribution in [1.29, 1.82) is 0 Å². The van der Waals surface area contributed by atoms with Crippen LogP contribution in [0, 0.1) is 124 Å². The zero-order valence-corrected chi connectivity index (χ0v) is 77.6. The van der Waals surface area contributed by atoms with Gasteiger partial charge in [-0.05, 0) is 225 Å². The summed E-state index contributed by atoms with van der Waals surface area (Å²) in [5.74, 6) is 3.71. The average molecular weight is 1660 g/mol. The maximum Gasteiger partial charge on any atom is 0.312 e. The van der Waals surface area contributed by atoms with E-state index in [0.717, 1.165) is 112 Å². The third-order valence-corrected chi connectivity index (χ3v) is 36.1. The van der Waals surface area contributed by atoms with Crippen molar-refractivity contribution in [3.63, 3.8) is 0 Å². The Morgan fingerprint density at radius 3 is 1.26 bits per heavy atom. The van der Waals surface area contributed by atoms with Gasteiger partial charge in [0.15, 0.2) is 11.6 Å². The first-order valence-electron chi connectivity index (χ1n) is 45.2. The van der Waals surface area contributed by atoms with Crippen molar-refractivity contribution in [2.75, 3.05) is 59.3 Å². The minimum Gasteiger partial charge on any atom is -0.481 e. The second-order valence-electron chi connectivity index (χ2n) is 43.8. The number of aromatic nitrogens is 8. The highest BCUT2D eigenvalue weighted by Gasteiger charge is 2.75. The van der Waals surface area contributed by atoms with Crippen LogP contribution >= 0.6 is 0 Å². The van der Waals surface area contributed by atoms with Gasteiger partial charge in [0.25, 0.3) is 0 Å². The Labute approximate surface area is 717 Å². The number of primary amides is 1. The molecule has 4 aromatic rings. The monoisotopic (exact) mass is 1660 g/mol. The molecule has 2 amide bonds. The predicted molar refractivity (Wildman–Crippen MR) is 469 cm³/mol. The van der Waals surface area contributed by atoms with Crippen molar-refractivity contribution in [2.24, 2.45) is 136 Å². The molecule has 4 bridgehead atoms. The van der Waals surface area contributed by atoms with Crippen LogP contribution in [0.4, 0.5) is 4.79 Å². The highest BCUT2D eigenvalue weighted by Crippen LogP contribution is 2.78. The molecule has 14 rings (SSSR count). The summed E-state index contributed by atoms with van der Waals surface area (Å²) in [6.07, 6.45) is 26.0. The van der Waals surface area contributed by atoms with Crippen LogP contribution in [0.15, 0.2) is 85.0 Å². The lowest BCUT2D eigenvalue weighted by molar-refractivity contribution is -0.253. The van der Waals surface area contributed by atoms with Gasteiger partial charge >= 0.3 is 18.0 Å². The maximum atomic E-state index is 13.6. The van der Waals surface area contributed by atoms with Gasteiger partial charge in [-0.15, -0.1) is 0 Å². The maximum absolute atomic E-state index is 13.6. The topological polar surface area (TPSA) is 317 Å². The van der Waals surface area contributed by atoms with E-state index >= 15 is 0 Å². The van der Waals surface area contributed by atoms with E-state index < -0.39 is 51.7 Å². The number of amides is 2. The number of hydrogen-bond donors (Lipinski definition) is 5. The number of carbonyl (C=O) groups is 3. The summed E-state index contributed by atoms with van der Waals surface area (Å²) in [5.41, 5.74) is 12.9. The Morgan fingerprint density at radius 2 is 0.942 bits per heavy atom. The quantitative estimate of drug-likeness (QED) is 0.0405. The minimum atomic E-state index is -0.758. The fourth-order valence-corrected chi connectivity index (χ4v) is 26.8. The molecule has 8 fully saturated rings. The molecule has 4 aromatic heterocycles. The van der Waals surface area contributed by atoms with E-state index in [1.54, 1.807) is 25.0 Å². The molecule has 10 aliphatic rings. The summed E-state index contributed by atoms with van der Waals surface area (Å²) in [4.78, 5) is 77.4. The predicted octanol–water partition coefficient (Wildman–Crippen LogP) is 17.5. The highest BCUT2D eigenvalue weighted by atomic mass is 16.5. The molecule has 6 heterocycles. The number of nitrogens with zero attached hydrogens (tertiary/aromatic N) is 9. The Morgan fingerprint density at radius 1 is 0.567 bits per heavy atom. The number of pyridine rings is 2. The number of ether oxygens (including phenoxy) is 4. The fraction of sp³-hybridized carbons (Fsp3) is 0.763. The normalized spacial score (nSPS) is 37.5. The van der Waals surface area contributed by atoms with Crippen molar-refractivity contribution >= 4 is 29.9 Å². The molecule has 7 N–H and O–H groups in total. The van der Waals surface area contributed by atoms with E-state index in [0.29, 0.717) is 56.7 Å². The van der Waals surface area contributed by atoms with Gasteiger partial charge in [0, 0.05) is 63.1 Å². The van der Waals surface area contributed by atoms with E-state index in [-0.39, 0.29) is 109 Å². The Bertz CT molecular complexity index is 4410. The second kappa shape index (κ2) is 34.3. The third-order valence-electron chi connectivity index (χ3n) is 36.1. The number of rotatable bonds is 20. The Hall–Kier alpha value is -6.81. The van der Waals surface area contributed by atoms with Gasteiger partial charge in [0.1, 0.15) is 12.7 Å². The first-order chi connectivity index (χ1) is 56.0. The average Bonchev–Trinajstić information content (AvgIpc) is 0.738. The van der Waals surface area contributed by atoms with Gasteiger partial charge in [-0.3, -0.25) is 19.6 Å². The van der Waals surface area contributed by atoms with Crippen LogP contribution in [0.2, 0.25) is 0 Å². The second-order valence-corrected chi connectivity index (χ2v) is 43.8. The molecule has 0 unspecified atom stereocenters. The fourth-order valence-electron chi connectivity index (χ4n) is 26.8. The van der Waals surface area contributed by atoms with Crippen molar-refractivity contribution in [2.45, 2.75) is 286 Å². The summed E-state index contributed by atoms with van der Waals surface area (Å²) in [6, 6.07) is 7.03. The zero-order chi connectivity index (χ0) is 88.5. The number of carboxylic acid groups (broad SMARTS) is 2. The molecule has 6 saturated carbocycles. The molecular formula is C97H150N12O11. The molecule has 664 valence electrons. The lowest BCUT2D eigenvalue weighted by Crippen LogP contribution is -2.69. The molecule has 2 aliphatic heterocycles. The molecule has 0 spiro atoms. The van der Waals surface area contributed by atoms with Crippen molar-refractivity contribution in [3.8, 4) is 22.8 Å². The van der Waals surface area contributed by atoms with E-state index in [9.17, 15) is 24.6 Å². The highest BCUT2D eigenvalue weighted by molar-refractivity contribution is 5.81. The number of nitrogens with two attached hydrogens (primary N) is 2. The number of aliphatic carboxylic acids is 2. The van der Waals surface area contributed by atoms with Crippen LogP contribution in [0.25, 0.3) is 22.8 Å². The summed E-state index contributed by atoms with van der Waals surface area (Å²) in [6.45, 7) is 62.5. The summed E-state index contributed by atoms with van der Waals surface area (Å²) >= 11 is 0. The van der Waals surface area contributed by atoms with Crippen molar-refractivity contribution in [3.05, 3.63) is 85.0 Å². The molecule has 120 heavy (non-hydrogen) atoms. The molecule has 2 saturated heterocycles. The summed E-state index contributed by atoms with van der Waals surface area (Å²) in [5, 5.41) is 35.3. The number of hydrogen-bond acceptors (Lipinski definition) is 17. The largest absolute Gasteiger partial charge is 0.481 e. The molecule has 0 radical (unpaired) electrons. The molecule has 0 aromatic carbocycles. The van der Waals surface area contributed by atoms with Crippen LogP contribution in [0.1, 0.15) is 262 Å². The zero-order valence-electron chi connectivity index (χ0n) is 77.6. The first-order valence-corrected chi connectivity index (χ1v) is 45.2. The van der Waals surface area contributed by atoms with Crippen molar-refractivity contribution < 1.29 is 53.1 Å². The minimum absolute atomic E-state index is 0.115. The van der Waals surface area contributed by atoms with Gasteiger partial charge < -0.3 is 50.8 Å². The number of urea groups is 1. The summed E-state index contributed by atoms with van der Waals surface area (Å²) < 4.78 is 32.3. The number of allylic oxidation sites excluding steroid dienone is 2. The lowest BCUT2D eigenvalue weighted by atomic mass is 9.34. The molecule has 8 aliphatic carbocycles. The SMILES string of the molecule is CC(C)[C@@H](C)[C@@]1(C)CC[C@]2(C)[C@H]3CC[C@@H]4[C@@]5(COC[C@@]4(C)[C@@H](OC[C@](C)(N)C(C)(C)C)[C@H](n4ncnc4-c4ccncc4)C5)C3=CC[C@@]2(C)[C@@H]1C(=O)O.CC(C)[C@@H](C)[C@@]1(C)CC[C@]2(C)[C@H]3CC[C@@H]4[C@@]5(COC[C@@]4(C)[C@@H](OC[C@](C)(NC(N)=O)C(C)(C)C)[C@H](n4ncnc4-c4ccncc4)C5)C3=CC[C@@]2(C)[C@@H]1C(=O)O.CCN(CC)CC.O=C=C=O. The van der Waals surface area contributed by atoms with Gasteiger partial charge in [-0.25, -0.2) is 33.7 Å². The van der Waals surface area contributed by atoms with E-state index in [1.165, 1.54) is 30.8 Å². The Balaban J connectivity index is 0.000000209.